The smallest absolute Gasteiger partial charge is 0.219 e. The van der Waals surface area contributed by atoms with Crippen LogP contribution in [0.5, 0.6) is 17.4 Å². The van der Waals surface area contributed by atoms with Crippen molar-refractivity contribution in [2.45, 2.75) is 12.8 Å². The van der Waals surface area contributed by atoms with Crippen LogP contribution in [0.4, 0.5) is 4.39 Å². The summed E-state index contributed by atoms with van der Waals surface area (Å²) >= 11 is 0. The monoisotopic (exact) mass is 339 g/mol. The van der Waals surface area contributed by atoms with Crippen molar-refractivity contribution in [2.24, 2.45) is 0 Å². The van der Waals surface area contributed by atoms with E-state index in [0.29, 0.717) is 34.5 Å². The maximum Gasteiger partial charge on any atom is 0.219 e. The fraction of sp³-hybridized carbons (Fsp3) is 0.150. The first-order chi connectivity index (χ1) is 12.2. The number of unbranched alkanes of at least 4 members (excludes halogenated alkanes) is 1. The minimum atomic E-state index is -0.306. The van der Waals surface area contributed by atoms with E-state index in [9.17, 15) is 9.50 Å². The summed E-state index contributed by atoms with van der Waals surface area (Å²) in [6.45, 7) is 0.136. The lowest BCUT2D eigenvalue weighted by molar-refractivity contribution is 0.290. The van der Waals surface area contributed by atoms with Gasteiger partial charge in [0.25, 0.3) is 0 Å². The van der Waals surface area contributed by atoms with Crippen molar-refractivity contribution in [3.63, 3.8) is 0 Å². The third-order valence-corrected chi connectivity index (χ3v) is 3.67. The van der Waals surface area contributed by atoms with Gasteiger partial charge in [0.2, 0.25) is 5.88 Å². The van der Waals surface area contributed by atoms with Crippen LogP contribution in [0, 0.1) is 5.82 Å². The Kier molecular flexibility index (Phi) is 5.26. The molecule has 0 radical (unpaired) electrons. The topological polar surface area (TPSA) is 62.6 Å². The molecule has 3 rings (SSSR count). The quantitative estimate of drug-likeness (QED) is 0.641. The molecule has 0 bridgehead atoms. The van der Waals surface area contributed by atoms with Crippen molar-refractivity contribution in [1.29, 1.82) is 0 Å². The van der Waals surface area contributed by atoms with E-state index in [2.05, 4.69) is 4.98 Å². The van der Waals surface area contributed by atoms with Gasteiger partial charge >= 0.3 is 0 Å². The van der Waals surface area contributed by atoms with E-state index in [4.69, 9.17) is 9.84 Å². The molecule has 0 aliphatic carbocycles. The number of pyridine rings is 1. The molecule has 0 saturated heterocycles. The van der Waals surface area contributed by atoms with Crippen molar-refractivity contribution in [3.8, 4) is 17.4 Å². The minimum absolute atomic E-state index is 0.136. The lowest BCUT2D eigenvalue weighted by Gasteiger charge is -2.08. The summed E-state index contributed by atoms with van der Waals surface area (Å²) in [7, 11) is 0. The molecule has 1 heterocycles. The number of allylic oxidation sites excluding steroid dienone is 1. The summed E-state index contributed by atoms with van der Waals surface area (Å²) in [5.74, 6) is 0.766. The normalized spacial score (nSPS) is 11.3. The first-order valence-corrected chi connectivity index (χ1v) is 8.00. The Hall–Kier alpha value is -2.92. The third-order valence-electron chi connectivity index (χ3n) is 3.67. The molecular formula is C20H18FNO3. The predicted molar refractivity (Wildman–Crippen MR) is 95.2 cm³/mol. The first-order valence-electron chi connectivity index (χ1n) is 8.00. The Labute approximate surface area is 144 Å². The van der Waals surface area contributed by atoms with E-state index in [-0.39, 0.29) is 18.2 Å². The largest absolute Gasteiger partial charge is 0.507 e. The van der Waals surface area contributed by atoms with E-state index in [1.165, 1.54) is 12.1 Å². The summed E-state index contributed by atoms with van der Waals surface area (Å²) in [6.07, 6.45) is 5.07. The Bertz CT molecular complexity index is 909. The number of aliphatic hydroxyl groups is 1. The van der Waals surface area contributed by atoms with Crippen LogP contribution in [-0.4, -0.2) is 21.8 Å². The van der Waals surface area contributed by atoms with Crippen LogP contribution >= 0.6 is 0 Å². The highest BCUT2D eigenvalue weighted by Crippen LogP contribution is 2.28. The second-order valence-electron chi connectivity index (χ2n) is 5.58. The molecule has 1 aromatic heterocycles. The van der Waals surface area contributed by atoms with E-state index < -0.39 is 0 Å². The molecule has 4 nitrogen and oxygen atoms in total. The first kappa shape index (κ1) is 16.9. The van der Waals surface area contributed by atoms with Crippen molar-refractivity contribution >= 4 is 17.0 Å². The highest BCUT2D eigenvalue weighted by atomic mass is 19.1. The number of rotatable bonds is 6. The zero-order valence-electron chi connectivity index (χ0n) is 13.5. The number of aromatic hydroxyl groups is 1. The Balaban J connectivity index is 1.80. The van der Waals surface area contributed by atoms with Gasteiger partial charge in [0, 0.05) is 23.6 Å². The second-order valence-corrected chi connectivity index (χ2v) is 5.58. The predicted octanol–water partition coefficient (Wildman–Crippen LogP) is 4.66. The van der Waals surface area contributed by atoms with E-state index in [0.717, 1.165) is 6.42 Å². The van der Waals surface area contributed by atoms with E-state index in [1.54, 1.807) is 42.5 Å². The molecule has 0 aliphatic rings. The summed E-state index contributed by atoms with van der Waals surface area (Å²) in [6, 6.07) is 12.7. The molecule has 5 heteroatoms. The molecule has 0 amide bonds. The zero-order valence-corrected chi connectivity index (χ0v) is 13.5. The van der Waals surface area contributed by atoms with Crippen LogP contribution in [0.15, 0.2) is 54.6 Å². The number of hydrogen-bond acceptors (Lipinski definition) is 4. The van der Waals surface area contributed by atoms with E-state index in [1.807, 2.05) is 6.08 Å². The van der Waals surface area contributed by atoms with Crippen LogP contribution in [0.1, 0.15) is 18.4 Å². The summed E-state index contributed by atoms with van der Waals surface area (Å²) in [5, 5.41) is 19.4. The maximum absolute atomic E-state index is 13.2. The van der Waals surface area contributed by atoms with Gasteiger partial charge in [-0.2, -0.15) is 0 Å². The number of aromatic nitrogens is 1. The third kappa shape index (κ3) is 4.33. The fourth-order valence-electron chi connectivity index (χ4n) is 2.40. The number of halogens is 1. The molecule has 3 aromatic rings. The highest BCUT2D eigenvalue weighted by molar-refractivity contribution is 5.79. The highest BCUT2D eigenvalue weighted by Gasteiger charge is 2.05. The van der Waals surface area contributed by atoms with Crippen molar-refractivity contribution in [2.75, 3.05) is 6.61 Å². The summed E-state index contributed by atoms with van der Waals surface area (Å²) < 4.78 is 19.0. The number of ether oxygens (including phenoxy) is 1. The van der Waals surface area contributed by atoms with E-state index >= 15 is 0 Å². The second kappa shape index (κ2) is 7.77. The summed E-state index contributed by atoms with van der Waals surface area (Å²) in [5.41, 5.74) is 1.26. The standard InChI is InChI=1S/C20H18FNO3/c21-16-6-8-18-14(12-16)5-10-20(22-18)25-17-7-9-19(24)15(13-17)4-2-1-3-11-23/h2,4-10,12-13,23-24H,1,3,11H2. The molecule has 2 aromatic carbocycles. The van der Waals surface area contributed by atoms with Gasteiger partial charge < -0.3 is 14.9 Å². The molecule has 0 unspecified atom stereocenters. The number of benzene rings is 2. The molecule has 2 N–H and O–H groups in total. The molecule has 0 atom stereocenters. The molecule has 25 heavy (non-hydrogen) atoms. The molecular weight excluding hydrogens is 321 g/mol. The molecule has 0 spiro atoms. The van der Waals surface area contributed by atoms with Crippen LogP contribution in [-0.2, 0) is 0 Å². The minimum Gasteiger partial charge on any atom is -0.507 e. The number of nitrogens with zero attached hydrogens (tertiary/aromatic N) is 1. The maximum atomic E-state index is 13.2. The Morgan fingerprint density at radius 3 is 2.80 bits per heavy atom. The van der Waals surface area contributed by atoms with Crippen molar-refractivity contribution in [3.05, 3.63) is 66.0 Å². The average molecular weight is 339 g/mol. The summed E-state index contributed by atoms with van der Waals surface area (Å²) in [4.78, 5) is 4.35. The molecule has 128 valence electrons. The number of phenolic OH excluding ortho intramolecular Hbond substituents is 1. The lowest BCUT2D eigenvalue weighted by atomic mass is 10.1. The molecule has 0 saturated carbocycles. The molecule has 0 aliphatic heterocycles. The SMILES string of the molecule is OCCCC=Cc1cc(Oc2ccc3cc(F)ccc3n2)ccc1O. The Morgan fingerprint density at radius 2 is 1.96 bits per heavy atom. The Morgan fingerprint density at radius 1 is 1.08 bits per heavy atom. The van der Waals surface area contributed by atoms with Gasteiger partial charge in [0.15, 0.2) is 0 Å². The number of hydrogen-bond donors (Lipinski definition) is 2. The van der Waals surface area contributed by atoms with Crippen LogP contribution in [0.2, 0.25) is 0 Å². The van der Waals surface area contributed by atoms with Gasteiger partial charge in [0.1, 0.15) is 17.3 Å². The van der Waals surface area contributed by atoms with Crippen LogP contribution in [0.25, 0.3) is 17.0 Å². The fourth-order valence-corrected chi connectivity index (χ4v) is 2.40. The van der Waals surface area contributed by atoms with Gasteiger partial charge in [-0.1, -0.05) is 12.2 Å². The van der Waals surface area contributed by atoms with Gasteiger partial charge in [-0.25, -0.2) is 9.37 Å². The van der Waals surface area contributed by atoms with Gasteiger partial charge in [-0.15, -0.1) is 0 Å². The van der Waals surface area contributed by atoms with Gasteiger partial charge in [-0.3, -0.25) is 0 Å². The van der Waals surface area contributed by atoms with Crippen molar-refractivity contribution in [1.82, 2.24) is 4.98 Å². The van der Waals surface area contributed by atoms with Crippen LogP contribution < -0.4 is 4.74 Å². The van der Waals surface area contributed by atoms with Crippen LogP contribution in [0.3, 0.4) is 0 Å². The zero-order chi connectivity index (χ0) is 17.6. The van der Waals surface area contributed by atoms with Gasteiger partial charge in [0.05, 0.1) is 5.52 Å². The number of phenols is 1. The van der Waals surface area contributed by atoms with Gasteiger partial charge in [-0.05, 0) is 55.3 Å². The number of aliphatic hydroxyl groups excluding tert-OH is 1. The molecule has 0 fully saturated rings. The van der Waals surface area contributed by atoms with Crippen molar-refractivity contribution < 1.29 is 19.3 Å². The lowest BCUT2D eigenvalue weighted by Crippen LogP contribution is -1.90. The average Bonchev–Trinajstić information content (AvgIpc) is 2.61. The number of fused-ring (bicyclic) bond motifs is 1.